The predicted octanol–water partition coefficient (Wildman–Crippen LogP) is 4.73. The number of aromatic nitrogens is 1. The zero-order valence-electron chi connectivity index (χ0n) is 11.9. The average molecular weight is 258 g/mol. The molecule has 3 nitrogen and oxygen atoms in total. The third-order valence-corrected chi connectivity index (χ3v) is 3.22. The van der Waals surface area contributed by atoms with Crippen molar-refractivity contribution < 1.29 is 4.84 Å². The Bertz CT molecular complexity index is 569. The number of fused-ring (bicyclic) bond motifs is 1. The van der Waals surface area contributed by atoms with Gasteiger partial charge in [0.25, 0.3) is 0 Å². The third kappa shape index (κ3) is 2.99. The Balaban J connectivity index is 2.47. The van der Waals surface area contributed by atoms with Crippen molar-refractivity contribution in [1.29, 1.82) is 0 Å². The molecule has 0 atom stereocenters. The van der Waals surface area contributed by atoms with E-state index in [1.165, 1.54) is 16.5 Å². The van der Waals surface area contributed by atoms with Gasteiger partial charge >= 0.3 is 0 Å². The topological polar surface area (TPSA) is 37.0 Å². The van der Waals surface area contributed by atoms with Crippen LogP contribution < -0.4 is 5.48 Å². The summed E-state index contributed by atoms with van der Waals surface area (Å²) in [6, 6.07) is 6.22. The van der Waals surface area contributed by atoms with E-state index in [2.05, 4.69) is 48.7 Å². The highest BCUT2D eigenvalue weighted by Gasteiger charge is 2.08. The first-order valence-electron chi connectivity index (χ1n) is 6.89. The number of H-pyrrole nitrogens is 1. The van der Waals surface area contributed by atoms with Gasteiger partial charge in [0, 0.05) is 22.7 Å². The van der Waals surface area contributed by atoms with Crippen molar-refractivity contribution in [3.63, 3.8) is 0 Å². The summed E-state index contributed by atoms with van der Waals surface area (Å²) in [5.41, 5.74) is 7.75. The van der Waals surface area contributed by atoms with Gasteiger partial charge in [0.1, 0.15) is 0 Å². The van der Waals surface area contributed by atoms with E-state index >= 15 is 0 Å². The molecule has 0 amide bonds. The second kappa shape index (κ2) is 6.43. The first-order valence-corrected chi connectivity index (χ1v) is 6.89. The predicted molar refractivity (Wildman–Crippen MR) is 82.1 cm³/mol. The van der Waals surface area contributed by atoms with Crippen molar-refractivity contribution in [1.82, 2.24) is 4.98 Å². The van der Waals surface area contributed by atoms with Crippen LogP contribution in [-0.4, -0.2) is 12.1 Å². The highest BCUT2D eigenvalue weighted by Crippen LogP contribution is 2.30. The van der Waals surface area contributed by atoms with Crippen molar-refractivity contribution in [3.8, 4) is 0 Å². The molecule has 0 saturated heterocycles. The van der Waals surface area contributed by atoms with Crippen molar-refractivity contribution in [2.45, 2.75) is 33.1 Å². The van der Waals surface area contributed by atoms with E-state index in [4.69, 9.17) is 4.84 Å². The average Bonchev–Trinajstić information content (AvgIpc) is 2.82. The molecule has 2 N–H and O–H groups in total. The lowest BCUT2D eigenvalue weighted by molar-refractivity contribution is 0.271. The van der Waals surface area contributed by atoms with E-state index in [0.29, 0.717) is 0 Å². The van der Waals surface area contributed by atoms with Crippen LogP contribution in [0, 0.1) is 0 Å². The highest BCUT2D eigenvalue weighted by molar-refractivity contribution is 5.94. The summed E-state index contributed by atoms with van der Waals surface area (Å²) in [5, 5.41) is 1.25. The molecule has 2 aromatic rings. The summed E-state index contributed by atoms with van der Waals surface area (Å²) < 4.78 is 0. The van der Waals surface area contributed by atoms with E-state index in [9.17, 15) is 0 Å². The monoisotopic (exact) mass is 258 g/mol. The van der Waals surface area contributed by atoms with Crippen molar-refractivity contribution >= 4 is 22.2 Å². The lowest BCUT2D eigenvalue weighted by Crippen LogP contribution is -1.94. The summed E-state index contributed by atoms with van der Waals surface area (Å²) >= 11 is 0. The molecule has 1 aromatic heterocycles. The molecule has 0 saturated carbocycles. The second-order valence-corrected chi connectivity index (χ2v) is 4.66. The molecule has 2 rings (SSSR count). The molecule has 0 unspecified atom stereocenters. The van der Waals surface area contributed by atoms with E-state index < -0.39 is 0 Å². The maximum atomic E-state index is 4.97. The molecule has 0 aliphatic heterocycles. The zero-order chi connectivity index (χ0) is 13.7. The minimum Gasteiger partial charge on any atom is -0.361 e. The third-order valence-electron chi connectivity index (χ3n) is 3.22. The fourth-order valence-electron chi connectivity index (χ4n) is 2.43. The van der Waals surface area contributed by atoms with Crippen LogP contribution in [-0.2, 0) is 4.84 Å². The minimum atomic E-state index is 0.975. The van der Waals surface area contributed by atoms with Crippen LogP contribution in [0.5, 0.6) is 0 Å². The van der Waals surface area contributed by atoms with E-state index in [-0.39, 0.29) is 0 Å². The first kappa shape index (κ1) is 13.7. The molecule has 0 radical (unpaired) electrons. The molecule has 19 heavy (non-hydrogen) atoms. The zero-order valence-corrected chi connectivity index (χ0v) is 11.9. The number of rotatable bonds is 6. The van der Waals surface area contributed by atoms with Gasteiger partial charge in [-0.25, -0.2) is 0 Å². The molecule has 1 aromatic carbocycles. The molecule has 0 aliphatic rings. The van der Waals surface area contributed by atoms with Crippen molar-refractivity contribution in [2.75, 3.05) is 12.6 Å². The number of nitrogens with one attached hydrogen (secondary N) is 2. The maximum absolute atomic E-state index is 4.97. The second-order valence-electron chi connectivity index (χ2n) is 4.66. The number of benzene rings is 1. The van der Waals surface area contributed by atoms with Gasteiger partial charge in [-0.1, -0.05) is 26.3 Å². The summed E-state index contributed by atoms with van der Waals surface area (Å²) in [6.07, 6.45) is 7.77. The molecular formula is C16H22N2O. The Kier molecular flexibility index (Phi) is 4.63. The van der Waals surface area contributed by atoms with Gasteiger partial charge in [-0.05, 0) is 36.6 Å². The highest BCUT2D eigenvalue weighted by atomic mass is 16.6. The summed E-state index contributed by atoms with van der Waals surface area (Å²) in [7, 11) is 1.63. The Morgan fingerprint density at radius 3 is 2.89 bits per heavy atom. The van der Waals surface area contributed by atoms with E-state index in [0.717, 1.165) is 30.5 Å². The number of aromatic amines is 1. The van der Waals surface area contributed by atoms with E-state index in [1.807, 2.05) is 6.07 Å². The number of anilines is 1. The fraction of sp³-hybridized carbons (Fsp3) is 0.375. The van der Waals surface area contributed by atoms with E-state index in [1.54, 1.807) is 7.11 Å². The van der Waals surface area contributed by atoms with Gasteiger partial charge in [0.2, 0.25) is 0 Å². The maximum Gasteiger partial charge on any atom is 0.0636 e. The largest absolute Gasteiger partial charge is 0.361 e. The first-order chi connectivity index (χ1) is 9.30. The Morgan fingerprint density at radius 2 is 2.21 bits per heavy atom. The van der Waals surface area contributed by atoms with Crippen molar-refractivity contribution in [2.24, 2.45) is 0 Å². The standard InChI is InChI=1S/C16H22N2O/c1-4-6-12(7-5-2)15-11-17-16-9-8-13(18-19-3)10-14(15)16/h6,8-11,17-18H,4-5,7H2,1-3H3/b12-6+. The molecule has 0 spiro atoms. The lowest BCUT2D eigenvalue weighted by Gasteiger charge is -2.07. The number of hydrogen-bond acceptors (Lipinski definition) is 2. The Labute approximate surface area is 114 Å². The summed E-state index contributed by atoms with van der Waals surface area (Å²) in [6.45, 7) is 4.40. The van der Waals surface area contributed by atoms with Crippen LogP contribution in [0.1, 0.15) is 38.7 Å². The summed E-state index contributed by atoms with van der Waals surface area (Å²) in [5.74, 6) is 0. The van der Waals surface area contributed by atoms with Crippen LogP contribution in [0.15, 0.2) is 30.5 Å². The van der Waals surface area contributed by atoms with Gasteiger partial charge < -0.3 is 4.98 Å². The van der Waals surface area contributed by atoms with Gasteiger partial charge in [-0.3, -0.25) is 10.3 Å². The molecular weight excluding hydrogens is 236 g/mol. The lowest BCUT2D eigenvalue weighted by atomic mass is 9.99. The van der Waals surface area contributed by atoms with Gasteiger partial charge in [-0.15, -0.1) is 0 Å². The Hall–Kier alpha value is -1.74. The molecule has 0 fully saturated rings. The van der Waals surface area contributed by atoms with Crippen LogP contribution in [0.25, 0.3) is 16.5 Å². The molecule has 0 aliphatic carbocycles. The smallest absolute Gasteiger partial charge is 0.0636 e. The fourth-order valence-corrected chi connectivity index (χ4v) is 2.43. The van der Waals surface area contributed by atoms with Crippen molar-refractivity contribution in [3.05, 3.63) is 36.0 Å². The normalized spacial score (nSPS) is 12.1. The van der Waals surface area contributed by atoms with Gasteiger partial charge in [0.05, 0.1) is 12.8 Å². The number of hydrogen-bond donors (Lipinski definition) is 2. The van der Waals surface area contributed by atoms with Crippen LogP contribution in [0.3, 0.4) is 0 Å². The number of allylic oxidation sites excluding steroid dienone is 2. The van der Waals surface area contributed by atoms with Crippen LogP contribution in [0.4, 0.5) is 5.69 Å². The SMILES string of the molecule is CC/C=C(\CCC)c1c[nH]c2ccc(NOC)cc12. The van der Waals surface area contributed by atoms with Crippen LogP contribution >= 0.6 is 0 Å². The molecule has 0 bridgehead atoms. The van der Waals surface area contributed by atoms with Crippen LogP contribution in [0.2, 0.25) is 0 Å². The quantitative estimate of drug-likeness (QED) is 0.735. The minimum absolute atomic E-state index is 0.975. The molecule has 102 valence electrons. The van der Waals surface area contributed by atoms with Gasteiger partial charge in [0.15, 0.2) is 0 Å². The Morgan fingerprint density at radius 1 is 1.37 bits per heavy atom. The molecule has 1 heterocycles. The van der Waals surface area contributed by atoms with Gasteiger partial charge in [-0.2, -0.15) is 0 Å². The molecule has 3 heteroatoms. The summed E-state index contributed by atoms with van der Waals surface area (Å²) in [4.78, 5) is 8.32.